The summed E-state index contributed by atoms with van der Waals surface area (Å²) in [5, 5.41) is 0. The van der Waals surface area contributed by atoms with E-state index in [9.17, 15) is 9.59 Å². The Morgan fingerprint density at radius 1 is 1.03 bits per heavy atom. The van der Waals surface area contributed by atoms with Gasteiger partial charge >= 0.3 is 0 Å². The molecule has 1 fully saturated rings. The van der Waals surface area contributed by atoms with E-state index in [2.05, 4.69) is 0 Å². The van der Waals surface area contributed by atoms with Crippen molar-refractivity contribution in [2.75, 3.05) is 12.0 Å². The van der Waals surface area contributed by atoms with Crippen molar-refractivity contribution in [1.82, 2.24) is 9.36 Å². The van der Waals surface area contributed by atoms with Crippen molar-refractivity contribution in [1.29, 1.82) is 0 Å². The number of aromatic nitrogens is 2. The molecule has 3 aromatic rings. The average molecular weight is 438 g/mol. The van der Waals surface area contributed by atoms with E-state index in [1.807, 2.05) is 61.5 Å². The third kappa shape index (κ3) is 3.38. The zero-order valence-electron chi connectivity index (χ0n) is 16.7. The van der Waals surface area contributed by atoms with Crippen LogP contribution < -0.4 is 15.2 Å². The minimum absolute atomic E-state index is 0.280. The number of hydrogen-bond acceptors (Lipinski definition) is 5. The maximum Gasteiger partial charge on any atom is 0.296 e. The molecule has 0 radical (unpaired) electrons. The fraction of sp³-hybridized carbons (Fsp3) is 0.136. The Balaban J connectivity index is 1.75. The highest BCUT2D eigenvalue weighted by Crippen LogP contribution is 2.36. The number of hydrogen-bond donors (Lipinski definition) is 0. The Morgan fingerprint density at radius 2 is 1.70 bits per heavy atom. The molecule has 30 heavy (non-hydrogen) atoms. The fourth-order valence-electron chi connectivity index (χ4n) is 3.32. The van der Waals surface area contributed by atoms with Crippen molar-refractivity contribution in [3.8, 4) is 11.4 Å². The summed E-state index contributed by atoms with van der Waals surface area (Å²) in [4.78, 5) is 28.3. The van der Waals surface area contributed by atoms with Crippen LogP contribution in [0.15, 0.2) is 64.3 Å². The second-order valence-electron chi connectivity index (χ2n) is 6.70. The molecule has 0 N–H and O–H groups in total. The molecule has 2 heterocycles. The monoisotopic (exact) mass is 437 g/mol. The van der Waals surface area contributed by atoms with Gasteiger partial charge in [-0.05, 0) is 42.8 Å². The van der Waals surface area contributed by atoms with Gasteiger partial charge in [0, 0.05) is 7.05 Å². The Kier molecular flexibility index (Phi) is 5.36. The number of methoxy groups -OCH3 is 1. The van der Waals surface area contributed by atoms with Gasteiger partial charge in [-0.1, -0.05) is 54.3 Å². The van der Waals surface area contributed by atoms with Crippen LogP contribution in [0.4, 0.5) is 5.69 Å². The van der Waals surface area contributed by atoms with Crippen LogP contribution >= 0.6 is 24.0 Å². The van der Waals surface area contributed by atoms with Crippen LogP contribution in [0.25, 0.3) is 11.8 Å². The summed E-state index contributed by atoms with van der Waals surface area (Å²) in [7, 11) is 3.39. The van der Waals surface area contributed by atoms with Crippen LogP contribution in [0, 0.1) is 6.92 Å². The van der Waals surface area contributed by atoms with Crippen molar-refractivity contribution in [3.63, 3.8) is 0 Å². The topological polar surface area (TPSA) is 56.5 Å². The SMILES string of the molecule is COc1ccc(C=C2SC(=S)N(c3c(C)n(C)n(-c4ccccc4)c3=O)C2=O)cc1. The number of anilines is 1. The van der Waals surface area contributed by atoms with Gasteiger partial charge in [0.25, 0.3) is 11.5 Å². The first kappa shape index (κ1) is 20.2. The Hall–Kier alpha value is -3.10. The minimum Gasteiger partial charge on any atom is -0.497 e. The van der Waals surface area contributed by atoms with E-state index >= 15 is 0 Å². The normalized spacial score (nSPS) is 15.3. The third-order valence-corrected chi connectivity index (χ3v) is 6.26. The van der Waals surface area contributed by atoms with Gasteiger partial charge in [0.15, 0.2) is 4.32 Å². The number of thioether (sulfide) groups is 1. The van der Waals surface area contributed by atoms with Crippen molar-refractivity contribution in [3.05, 3.63) is 81.1 Å². The fourth-order valence-corrected chi connectivity index (χ4v) is 4.59. The van der Waals surface area contributed by atoms with E-state index in [0.717, 1.165) is 17.0 Å². The molecule has 1 aliphatic rings. The summed E-state index contributed by atoms with van der Waals surface area (Å²) in [6, 6.07) is 16.7. The van der Waals surface area contributed by atoms with Crippen LogP contribution in [0.3, 0.4) is 0 Å². The molecule has 2 aromatic carbocycles. The predicted molar refractivity (Wildman–Crippen MR) is 124 cm³/mol. The number of benzene rings is 2. The number of para-hydroxylation sites is 1. The molecular formula is C22H19N3O3S2. The van der Waals surface area contributed by atoms with Gasteiger partial charge in [-0.25, -0.2) is 4.68 Å². The highest BCUT2D eigenvalue weighted by Gasteiger charge is 2.37. The first-order chi connectivity index (χ1) is 14.4. The minimum atomic E-state index is -0.299. The summed E-state index contributed by atoms with van der Waals surface area (Å²) in [5.74, 6) is 0.438. The summed E-state index contributed by atoms with van der Waals surface area (Å²) in [5.41, 5.74) is 2.22. The highest BCUT2D eigenvalue weighted by molar-refractivity contribution is 8.27. The molecule has 0 atom stereocenters. The number of amides is 1. The summed E-state index contributed by atoms with van der Waals surface area (Å²) < 4.78 is 8.78. The maximum absolute atomic E-state index is 13.3. The molecule has 0 saturated carbocycles. The largest absolute Gasteiger partial charge is 0.497 e. The van der Waals surface area contributed by atoms with Gasteiger partial charge in [-0.2, -0.15) is 0 Å². The van der Waals surface area contributed by atoms with Crippen LogP contribution in [-0.4, -0.2) is 26.7 Å². The Morgan fingerprint density at radius 3 is 2.33 bits per heavy atom. The summed E-state index contributed by atoms with van der Waals surface area (Å²) in [6.45, 7) is 1.81. The first-order valence-corrected chi connectivity index (χ1v) is 10.4. The molecule has 152 valence electrons. The standard InChI is InChI=1S/C22H19N3O3S2/c1-14-19(21(27)25(23(14)2)16-7-5-4-6-8-16)24-20(26)18(30-22(24)29)13-15-9-11-17(28-3)12-10-15/h4-13H,1-3H3. The van der Waals surface area contributed by atoms with Gasteiger partial charge in [0.1, 0.15) is 11.4 Å². The van der Waals surface area contributed by atoms with Crippen molar-refractivity contribution < 1.29 is 9.53 Å². The molecule has 1 amide bonds. The first-order valence-electron chi connectivity index (χ1n) is 9.18. The maximum atomic E-state index is 13.3. The van der Waals surface area contributed by atoms with Crippen LogP contribution in [0.1, 0.15) is 11.3 Å². The molecule has 1 aliphatic heterocycles. The lowest BCUT2D eigenvalue weighted by molar-refractivity contribution is -0.113. The van der Waals surface area contributed by atoms with Gasteiger partial charge < -0.3 is 4.74 Å². The van der Waals surface area contributed by atoms with E-state index in [4.69, 9.17) is 17.0 Å². The molecule has 1 saturated heterocycles. The molecule has 0 unspecified atom stereocenters. The van der Waals surface area contributed by atoms with Crippen LogP contribution in [0.5, 0.6) is 5.75 Å². The summed E-state index contributed by atoms with van der Waals surface area (Å²) in [6.07, 6.45) is 1.77. The molecule has 4 rings (SSSR count). The smallest absolute Gasteiger partial charge is 0.296 e. The quantitative estimate of drug-likeness (QED) is 0.458. The van der Waals surface area contributed by atoms with Gasteiger partial charge in [0.2, 0.25) is 0 Å². The Bertz CT molecular complexity index is 1230. The molecule has 8 heteroatoms. The Labute approximate surface area is 183 Å². The second-order valence-corrected chi connectivity index (χ2v) is 8.38. The zero-order chi connectivity index (χ0) is 21.4. The van der Waals surface area contributed by atoms with Gasteiger partial charge in [-0.3, -0.25) is 19.2 Å². The molecule has 1 aromatic heterocycles. The molecular weight excluding hydrogens is 418 g/mol. The lowest BCUT2D eigenvalue weighted by atomic mass is 10.2. The number of thiocarbonyl (C=S) groups is 1. The highest BCUT2D eigenvalue weighted by atomic mass is 32.2. The van der Waals surface area contributed by atoms with Gasteiger partial charge in [0.05, 0.1) is 23.4 Å². The van der Waals surface area contributed by atoms with E-state index in [1.165, 1.54) is 21.3 Å². The van der Waals surface area contributed by atoms with E-state index in [-0.39, 0.29) is 17.2 Å². The van der Waals surface area contributed by atoms with Gasteiger partial charge in [-0.15, -0.1) is 0 Å². The van der Waals surface area contributed by atoms with Crippen molar-refractivity contribution >= 4 is 46.0 Å². The van der Waals surface area contributed by atoms with Crippen molar-refractivity contribution in [2.45, 2.75) is 6.92 Å². The van der Waals surface area contributed by atoms with E-state index < -0.39 is 0 Å². The molecule has 0 aliphatic carbocycles. The summed E-state index contributed by atoms with van der Waals surface area (Å²) >= 11 is 6.66. The van der Waals surface area contributed by atoms with Crippen molar-refractivity contribution in [2.24, 2.45) is 7.05 Å². The number of ether oxygens (including phenoxy) is 1. The molecule has 6 nitrogen and oxygen atoms in total. The zero-order valence-corrected chi connectivity index (χ0v) is 18.3. The number of nitrogens with zero attached hydrogens (tertiary/aromatic N) is 3. The second kappa shape index (κ2) is 7.97. The molecule has 0 spiro atoms. The number of carbonyl (C=O) groups is 1. The third-order valence-electron chi connectivity index (χ3n) is 4.95. The van der Waals surface area contributed by atoms with E-state index in [1.54, 1.807) is 24.9 Å². The lowest BCUT2D eigenvalue weighted by Gasteiger charge is -2.12. The number of rotatable bonds is 4. The van der Waals surface area contributed by atoms with Crippen LogP contribution in [0.2, 0.25) is 0 Å². The number of carbonyl (C=O) groups excluding carboxylic acids is 1. The molecule has 0 bridgehead atoms. The van der Waals surface area contributed by atoms with E-state index in [0.29, 0.717) is 14.9 Å². The van der Waals surface area contributed by atoms with Crippen LogP contribution in [-0.2, 0) is 11.8 Å². The average Bonchev–Trinajstić information content (AvgIpc) is 3.14. The lowest BCUT2D eigenvalue weighted by Crippen LogP contribution is -2.33. The predicted octanol–water partition coefficient (Wildman–Crippen LogP) is 3.90.